The highest BCUT2D eigenvalue weighted by Gasteiger charge is 2.35. The molecule has 0 unspecified atom stereocenters. The first-order valence-electron chi connectivity index (χ1n) is 7.49. The van der Waals surface area contributed by atoms with Crippen molar-refractivity contribution < 1.29 is 27.6 Å². The van der Waals surface area contributed by atoms with E-state index in [1.54, 1.807) is 0 Å². The number of likely N-dealkylation sites (N-methyl/N-ethyl adjacent to an activating group) is 1. The number of amides is 1. The number of nitro groups is 1. The van der Waals surface area contributed by atoms with E-state index in [2.05, 4.69) is 0 Å². The van der Waals surface area contributed by atoms with Crippen LogP contribution in [0.3, 0.4) is 0 Å². The molecule has 0 saturated carbocycles. The number of aliphatic hydroxyl groups excluding tert-OH is 1. The van der Waals surface area contributed by atoms with E-state index >= 15 is 0 Å². The fourth-order valence-corrected chi connectivity index (χ4v) is 3.86. The van der Waals surface area contributed by atoms with Crippen molar-refractivity contribution in [2.24, 2.45) is 0 Å². The zero-order valence-electron chi connectivity index (χ0n) is 13.5. The molecule has 1 aromatic rings. The van der Waals surface area contributed by atoms with Crippen molar-refractivity contribution in [1.82, 2.24) is 9.21 Å². The molecule has 25 heavy (non-hydrogen) atoms. The lowest BCUT2D eigenvalue weighted by Crippen LogP contribution is -2.45. The Balaban J connectivity index is 2.22. The number of nitrogens with zero attached hydrogens (tertiary/aromatic N) is 3. The first kappa shape index (κ1) is 19.2. The number of piperidine rings is 1. The van der Waals surface area contributed by atoms with Gasteiger partial charge in [0.2, 0.25) is 5.91 Å². The van der Waals surface area contributed by atoms with Crippen molar-refractivity contribution in [3.8, 4) is 0 Å². The summed E-state index contributed by atoms with van der Waals surface area (Å²) in [6.07, 6.45) is 0.286. The van der Waals surface area contributed by atoms with Crippen LogP contribution in [-0.4, -0.2) is 66.3 Å². The van der Waals surface area contributed by atoms with Gasteiger partial charge in [-0.2, -0.15) is 4.31 Å². The second-order valence-electron chi connectivity index (χ2n) is 5.72. The van der Waals surface area contributed by atoms with Crippen LogP contribution in [-0.2, 0) is 14.8 Å². The van der Waals surface area contributed by atoms with Crippen LogP contribution in [0.5, 0.6) is 0 Å². The van der Waals surface area contributed by atoms with Crippen molar-refractivity contribution in [1.29, 1.82) is 0 Å². The number of hydrogen-bond donors (Lipinski definition) is 1. The van der Waals surface area contributed by atoms with E-state index in [1.807, 2.05) is 0 Å². The minimum Gasteiger partial charge on any atom is -0.393 e. The van der Waals surface area contributed by atoms with Gasteiger partial charge in [-0.05, 0) is 18.9 Å². The first-order chi connectivity index (χ1) is 11.6. The SMILES string of the molecule is CN(CC(=O)N1CCC(O)CC1)S(=O)(=O)c1c(F)cccc1[N+](=O)[O-]. The number of nitro benzene ring substituents is 1. The Hall–Kier alpha value is -2.11. The van der Waals surface area contributed by atoms with Gasteiger partial charge in [0.1, 0.15) is 5.82 Å². The maximum Gasteiger partial charge on any atom is 0.292 e. The number of rotatable bonds is 5. The molecule has 0 spiro atoms. The third-order valence-electron chi connectivity index (χ3n) is 3.99. The molecular formula is C14H18FN3O6S. The monoisotopic (exact) mass is 375 g/mol. The minimum atomic E-state index is -4.57. The average molecular weight is 375 g/mol. The summed E-state index contributed by atoms with van der Waals surface area (Å²) >= 11 is 0. The van der Waals surface area contributed by atoms with Crippen LogP contribution in [0.25, 0.3) is 0 Å². The van der Waals surface area contributed by atoms with E-state index in [9.17, 15) is 32.8 Å². The maximum atomic E-state index is 14.0. The molecule has 1 saturated heterocycles. The molecule has 0 aromatic heterocycles. The summed E-state index contributed by atoms with van der Waals surface area (Å²) in [4.78, 5) is 22.6. The third-order valence-corrected chi connectivity index (χ3v) is 5.86. The van der Waals surface area contributed by atoms with Gasteiger partial charge in [-0.1, -0.05) is 6.07 Å². The fourth-order valence-electron chi connectivity index (χ4n) is 2.54. The number of carbonyl (C=O) groups is 1. The van der Waals surface area contributed by atoms with Gasteiger partial charge in [0.25, 0.3) is 15.7 Å². The highest BCUT2D eigenvalue weighted by atomic mass is 32.2. The van der Waals surface area contributed by atoms with E-state index in [1.165, 1.54) is 4.90 Å². The molecule has 1 aliphatic heterocycles. The van der Waals surface area contributed by atoms with Crippen LogP contribution in [0.15, 0.2) is 23.1 Å². The molecule has 1 heterocycles. The Morgan fingerprint density at radius 3 is 2.60 bits per heavy atom. The van der Waals surface area contributed by atoms with Crippen molar-refractivity contribution in [3.63, 3.8) is 0 Å². The van der Waals surface area contributed by atoms with E-state index in [0.29, 0.717) is 17.1 Å². The molecule has 11 heteroatoms. The molecule has 1 amide bonds. The summed E-state index contributed by atoms with van der Waals surface area (Å²) in [5.41, 5.74) is -0.889. The molecule has 138 valence electrons. The van der Waals surface area contributed by atoms with E-state index in [4.69, 9.17) is 0 Å². The fraction of sp³-hybridized carbons (Fsp3) is 0.500. The lowest BCUT2D eigenvalue weighted by molar-refractivity contribution is -0.388. The second kappa shape index (κ2) is 7.42. The van der Waals surface area contributed by atoms with E-state index < -0.39 is 49.9 Å². The van der Waals surface area contributed by atoms with Gasteiger partial charge in [-0.15, -0.1) is 0 Å². The molecule has 0 atom stereocenters. The summed E-state index contributed by atoms with van der Waals surface area (Å²) in [7, 11) is -3.51. The summed E-state index contributed by atoms with van der Waals surface area (Å²) in [6.45, 7) is -0.00855. The van der Waals surface area contributed by atoms with Gasteiger partial charge in [0.15, 0.2) is 4.90 Å². The maximum absolute atomic E-state index is 14.0. The Bertz CT molecular complexity index is 777. The lowest BCUT2D eigenvalue weighted by Gasteiger charge is -2.30. The number of halogens is 1. The van der Waals surface area contributed by atoms with Gasteiger partial charge < -0.3 is 10.0 Å². The van der Waals surface area contributed by atoms with E-state index in [0.717, 1.165) is 25.2 Å². The first-order valence-corrected chi connectivity index (χ1v) is 8.93. The molecule has 0 aliphatic carbocycles. The molecule has 2 rings (SSSR count). The van der Waals surface area contributed by atoms with Gasteiger partial charge >= 0.3 is 0 Å². The number of aliphatic hydroxyl groups is 1. The van der Waals surface area contributed by atoms with Crippen LogP contribution >= 0.6 is 0 Å². The largest absolute Gasteiger partial charge is 0.393 e. The van der Waals surface area contributed by atoms with Gasteiger partial charge in [-0.3, -0.25) is 14.9 Å². The Morgan fingerprint density at radius 2 is 2.04 bits per heavy atom. The zero-order valence-corrected chi connectivity index (χ0v) is 14.3. The highest BCUT2D eigenvalue weighted by molar-refractivity contribution is 7.89. The van der Waals surface area contributed by atoms with Crippen molar-refractivity contribution >= 4 is 21.6 Å². The molecule has 0 radical (unpaired) electrons. The van der Waals surface area contributed by atoms with E-state index in [-0.39, 0.29) is 13.1 Å². The molecule has 0 bridgehead atoms. The molecule has 1 aromatic carbocycles. The lowest BCUT2D eigenvalue weighted by atomic mass is 10.1. The van der Waals surface area contributed by atoms with Crippen LogP contribution in [0.4, 0.5) is 10.1 Å². The zero-order chi connectivity index (χ0) is 18.8. The molecule has 1 N–H and O–H groups in total. The normalized spacial score (nSPS) is 16.2. The van der Waals surface area contributed by atoms with Gasteiger partial charge in [0, 0.05) is 26.2 Å². The van der Waals surface area contributed by atoms with Crippen molar-refractivity contribution in [2.45, 2.75) is 23.8 Å². The number of likely N-dealkylation sites (tertiary alicyclic amines) is 1. The number of sulfonamides is 1. The van der Waals surface area contributed by atoms with Crippen molar-refractivity contribution in [3.05, 3.63) is 34.1 Å². The van der Waals surface area contributed by atoms with Crippen LogP contribution in [0, 0.1) is 15.9 Å². The van der Waals surface area contributed by atoms with Gasteiger partial charge in [-0.25, -0.2) is 12.8 Å². The average Bonchev–Trinajstić information content (AvgIpc) is 2.54. The van der Waals surface area contributed by atoms with Crippen LogP contribution in [0.1, 0.15) is 12.8 Å². The molecular weight excluding hydrogens is 357 g/mol. The smallest absolute Gasteiger partial charge is 0.292 e. The standard InChI is InChI=1S/C14H18FN3O6S/c1-16(9-13(20)17-7-5-10(19)6-8-17)25(23,24)14-11(15)3-2-4-12(14)18(21)22/h2-4,10,19H,5-9H2,1H3. The minimum absolute atomic E-state index is 0.285. The van der Waals surface area contributed by atoms with Gasteiger partial charge in [0.05, 0.1) is 17.6 Å². The highest BCUT2D eigenvalue weighted by Crippen LogP contribution is 2.28. The quantitative estimate of drug-likeness (QED) is 0.585. The predicted octanol–water partition coefficient (Wildman–Crippen LogP) is 0.338. The number of hydrogen-bond acceptors (Lipinski definition) is 6. The summed E-state index contributed by atoms with van der Waals surface area (Å²) in [6, 6.07) is 2.73. The van der Waals surface area contributed by atoms with Crippen LogP contribution < -0.4 is 0 Å². The Kier molecular flexibility index (Phi) is 5.70. The molecule has 9 nitrogen and oxygen atoms in total. The topological polar surface area (TPSA) is 121 Å². The Morgan fingerprint density at radius 1 is 1.44 bits per heavy atom. The Labute approximate surface area is 143 Å². The predicted molar refractivity (Wildman–Crippen MR) is 84.7 cm³/mol. The molecule has 1 aliphatic rings. The summed E-state index contributed by atoms with van der Waals surface area (Å²) < 4.78 is 39.6. The number of benzene rings is 1. The summed E-state index contributed by atoms with van der Waals surface area (Å²) in [5.74, 6) is -1.77. The molecule has 1 fully saturated rings. The third kappa shape index (κ3) is 4.11. The van der Waals surface area contributed by atoms with Crippen LogP contribution in [0.2, 0.25) is 0 Å². The second-order valence-corrected chi connectivity index (χ2v) is 7.70. The number of carbonyl (C=O) groups excluding carboxylic acids is 1. The van der Waals surface area contributed by atoms with Crippen molar-refractivity contribution in [2.75, 3.05) is 26.7 Å². The summed E-state index contributed by atoms with van der Waals surface area (Å²) in [5, 5.41) is 20.4.